The molecular weight excluding hydrogens is 767 g/mol. The van der Waals surface area contributed by atoms with Crippen LogP contribution >= 0.6 is 0 Å². The van der Waals surface area contributed by atoms with E-state index < -0.39 is 0 Å². The fourth-order valence-corrected chi connectivity index (χ4v) is 11.2. The van der Waals surface area contributed by atoms with Gasteiger partial charge in [0.05, 0.1) is 38.6 Å². The van der Waals surface area contributed by atoms with E-state index in [1.54, 1.807) is 0 Å². The Bertz CT molecular complexity index is 4440. The molecule has 15 rings (SSSR count). The Kier molecular flexibility index (Phi) is 6.36. The zero-order chi connectivity index (χ0) is 40.9. The number of para-hydroxylation sites is 4. The minimum atomic E-state index is 0.818. The van der Waals surface area contributed by atoms with E-state index in [1.165, 1.54) is 86.7 Å². The van der Waals surface area contributed by atoms with Gasteiger partial charge in [-0.25, -0.2) is 0 Å². The summed E-state index contributed by atoms with van der Waals surface area (Å²) < 4.78 is 7.30. The van der Waals surface area contributed by atoms with Gasteiger partial charge in [-0.2, -0.15) is 0 Å². The first-order valence-electron chi connectivity index (χ1n) is 21.6. The van der Waals surface area contributed by atoms with Crippen LogP contribution in [0.3, 0.4) is 0 Å². The molecule has 10 aromatic carbocycles. The molecule has 0 spiro atoms. The molecule has 0 saturated carbocycles. The Morgan fingerprint density at radius 1 is 0.302 bits per heavy atom. The van der Waals surface area contributed by atoms with Gasteiger partial charge in [0, 0.05) is 70.5 Å². The lowest BCUT2D eigenvalue weighted by atomic mass is 9.99. The van der Waals surface area contributed by atoms with Crippen LogP contribution in [0.1, 0.15) is 0 Å². The predicted molar refractivity (Wildman–Crippen MR) is 263 cm³/mol. The molecule has 0 amide bonds. The molecule has 0 unspecified atom stereocenters. The molecule has 0 saturated heterocycles. The summed E-state index contributed by atoms with van der Waals surface area (Å²) in [5.41, 5.74) is 11.3. The highest BCUT2D eigenvalue weighted by atomic mass is 15.2. The van der Waals surface area contributed by atoms with Crippen molar-refractivity contribution in [2.75, 3.05) is 0 Å². The summed E-state index contributed by atoms with van der Waals surface area (Å²) in [5, 5.41) is 27.4. The molecule has 5 heteroatoms. The molecule has 5 nitrogen and oxygen atoms in total. The molecule has 290 valence electrons. The third kappa shape index (κ3) is 4.30. The Labute approximate surface area is 359 Å². The largest absolute Gasteiger partial charge is 0.309 e. The van der Waals surface area contributed by atoms with E-state index in [4.69, 9.17) is 10.2 Å². The van der Waals surface area contributed by atoms with Crippen LogP contribution in [-0.4, -0.2) is 23.7 Å². The van der Waals surface area contributed by atoms with Gasteiger partial charge in [0.15, 0.2) is 5.82 Å². The molecule has 15 aromatic rings. The lowest BCUT2D eigenvalue weighted by Gasteiger charge is -2.14. The molecule has 5 aromatic heterocycles. The predicted octanol–water partition coefficient (Wildman–Crippen LogP) is 14.9. The number of benzene rings is 10. The van der Waals surface area contributed by atoms with Crippen LogP contribution in [0.25, 0.3) is 137 Å². The summed E-state index contributed by atoms with van der Waals surface area (Å²) in [7, 11) is 0. The number of aromatic nitrogens is 5. The smallest absolute Gasteiger partial charge is 0.168 e. The Morgan fingerprint density at radius 3 is 1.68 bits per heavy atom. The van der Waals surface area contributed by atoms with E-state index >= 15 is 0 Å². The first kappa shape index (κ1) is 33.2. The van der Waals surface area contributed by atoms with Crippen LogP contribution in [0.4, 0.5) is 0 Å². The molecule has 0 radical (unpaired) electrons. The molecular formula is C58H33N5. The van der Waals surface area contributed by atoms with Crippen LogP contribution in [0.15, 0.2) is 200 Å². The van der Waals surface area contributed by atoms with Gasteiger partial charge in [0.1, 0.15) is 5.69 Å². The van der Waals surface area contributed by atoms with Gasteiger partial charge >= 0.3 is 0 Å². The van der Waals surface area contributed by atoms with Gasteiger partial charge in [-0.15, -0.1) is 10.2 Å². The van der Waals surface area contributed by atoms with Gasteiger partial charge in [0.25, 0.3) is 0 Å². The van der Waals surface area contributed by atoms with E-state index in [1.807, 2.05) is 0 Å². The standard InChI is InChI=1S/C58H33N5/c1-2-16-38(17-3-1)61-49-23-11-8-18-39(49)42-28-27-37(32-52(42)61)54-43-21-6-7-22-44(43)58(60-59-54)63-51-25-13-10-20-41(51)48-33-47-40-19-9-12-24-50(40)62-55-45(53(56(47)62)57(48)63)29-26-36-30-34-14-4-5-15-35(34)31-46(36)55/h1-33H. The van der Waals surface area contributed by atoms with Crippen molar-refractivity contribution in [3.8, 4) is 22.8 Å². The van der Waals surface area contributed by atoms with Crippen molar-refractivity contribution in [3.63, 3.8) is 0 Å². The van der Waals surface area contributed by atoms with E-state index in [9.17, 15) is 0 Å². The first-order valence-corrected chi connectivity index (χ1v) is 21.6. The third-order valence-corrected chi connectivity index (χ3v) is 13.8. The molecule has 0 fully saturated rings. The summed E-state index contributed by atoms with van der Waals surface area (Å²) in [6, 6.07) is 72.9. The molecule has 0 bridgehead atoms. The normalized spacial score (nSPS) is 12.4. The van der Waals surface area contributed by atoms with E-state index in [-0.39, 0.29) is 0 Å². The zero-order valence-electron chi connectivity index (χ0n) is 33.8. The Balaban J connectivity index is 1.06. The van der Waals surface area contributed by atoms with Crippen LogP contribution < -0.4 is 0 Å². The van der Waals surface area contributed by atoms with E-state index in [2.05, 4.69) is 214 Å². The van der Waals surface area contributed by atoms with E-state index in [0.717, 1.165) is 50.1 Å². The Morgan fingerprint density at radius 2 is 0.889 bits per heavy atom. The lowest BCUT2D eigenvalue weighted by molar-refractivity contribution is 0.978. The summed E-state index contributed by atoms with van der Waals surface area (Å²) in [6.45, 7) is 0. The third-order valence-electron chi connectivity index (χ3n) is 13.8. The monoisotopic (exact) mass is 799 g/mol. The maximum Gasteiger partial charge on any atom is 0.168 e. The molecule has 0 N–H and O–H groups in total. The minimum Gasteiger partial charge on any atom is -0.309 e. The maximum atomic E-state index is 5.28. The quantitative estimate of drug-likeness (QED) is 0.167. The van der Waals surface area contributed by atoms with Crippen LogP contribution in [0, 0.1) is 0 Å². The number of hydrogen-bond donors (Lipinski definition) is 0. The highest BCUT2D eigenvalue weighted by Crippen LogP contribution is 2.48. The summed E-state index contributed by atoms with van der Waals surface area (Å²) in [5.74, 6) is 0.818. The maximum absolute atomic E-state index is 5.28. The lowest BCUT2D eigenvalue weighted by Crippen LogP contribution is -2.03. The van der Waals surface area contributed by atoms with Crippen molar-refractivity contribution in [2.45, 2.75) is 0 Å². The summed E-state index contributed by atoms with van der Waals surface area (Å²) >= 11 is 0. The van der Waals surface area contributed by atoms with E-state index in [0.29, 0.717) is 0 Å². The van der Waals surface area contributed by atoms with Crippen molar-refractivity contribution in [1.29, 1.82) is 0 Å². The molecule has 0 aliphatic carbocycles. The summed E-state index contributed by atoms with van der Waals surface area (Å²) in [6.07, 6.45) is 0. The second kappa shape index (κ2) is 12.1. The zero-order valence-corrected chi connectivity index (χ0v) is 33.8. The molecule has 0 aliphatic rings. The minimum absolute atomic E-state index is 0.818. The van der Waals surface area contributed by atoms with Gasteiger partial charge < -0.3 is 8.97 Å². The van der Waals surface area contributed by atoms with Crippen LogP contribution in [0.5, 0.6) is 0 Å². The van der Waals surface area contributed by atoms with Crippen molar-refractivity contribution in [1.82, 2.24) is 23.7 Å². The average Bonchev–Trinajstić information content (AvgIpc) is 4.07. The average molecular weight is 800 g/mol. The fourth-order valence-electron chi connectivity index (χ4n) is 11.2. The molecule has 0 aliphatic heterocycles. The van der Waals surface area contributed by atoms with Gasteiger partial charge in [-0.3, -0.25) is 4.57 Å². The summed E-state index contributed by atoms with van der Waals surface area (Å²) in [4.78, 5) is 0. The second-order valence-electron chi connectivity index (χ2n) is 17.0. The SMILES string of the molecule is c1ccc(-n2c3ccccc3c3ccc(-c4nnc(-n5c6ccccc6c6cc7c8ccccc8n8c9c%10cc%11ccccc%11cc%10ccc9c(c65)c78)c5ccccc45)cc32)cc1. The van der Waals surface area contributed by atoms with Crippen molar-refractivity contribution in [3.05, 3.63) is 200 Å². The molecule has 63 heavy (non-hydrogen) atoms. The first-order chi connectivity index (χ1) is 31.3. The van der Waals surface area contributed by atoms with Crippen molar-refractivity contribution in [2.24, 2.45) is 0 Å². The number of fused-ring (bicyclic) bond motifs is 17. The van der Waals surface area contributed by atoms with Gasteiger partial charge in [-0.05, 0) is 70.8 Å². The Hall–Kier alpha value is -8.54. The second-order valence-corrected chi connectivity index (χ2v) is 17.0. The van der Waals surface area contributed by atoms with Crippen molar-refractivity contribution < 1.29 is 0 Å². The fraction of sp³-hybridized carbons (Fsp3) is 0. The van der Waals surface area contributed by atoms with Gasteiger partial charge in [0.2, 0.25) is 0 Å². The molecule has 5 heterocycles. The van der Waals surface area contributed by atoms with Crippen molar-refractivity contribution >= 4 is 114 Å². The number of hydrogen-bond acceptors (Lipinski definition) is 2. The number of rotatable bonds is 3. The van der Waals surface area contributed by atoms with Crippen LogP contribution in [0.2, 0.25) is 0 Å². The van der Waals surface area contributed by atoms with Crippen LogP contribution in [-0.2, 0) is 0 Å². The molecule has 0 atom stereocenters. The number of nitrogens with zero attached hydrogens (tertiary/aromatic N) is 5. The highest BCUT2D eigenvalue weighted by Gasteiger charge is 2.27. The van der Waals surface area contributed by atoms with Gasteiger partial charge in [-0.1, -0.05) is 146 Å². The topological polar surface area (TPSA) is 40.0 Å². The highest BCUT2D eigenvalue weighted by molar-refractivity contribution is 6.36.